The lowest BCUT2D eigenvalue weighted by atomic mass is 9.91. The van der Waals surface area contributed by atoms with Gasteiger partial charge in [0.15, 0.2) is 0 Å². The number of hydrogen-bond acceptors (Lipinski definition) is 2. The third kappa shape index (κ3) is 2.37. The quantitative estimate of drug-likeness (QED) is 0.711. The molecule has 2 atom stereocenters. The highest BCUT2D eigenvalue weighted by atomic mass is 19.4. The molecule has 0 amide bonds. The molecule has 0 radical (unpaired) electrons. The molecule has 0 aromatic carbocycles. The minimum atomic E-state index is -4.27. The Morgan fingerprint density at radius 3 is 2.50 bits per heavy atom. The normalized spacial score (nSPS) is 30.3. The summed E-state index contributed by atoms with van der Waals surface area (Å²) in [5, 5.41) is 8.68. The van der Waals surface area contributed by atoms with E-state index in [0.29, 0.717) is 0 Å². The monoisotopic (exact) mass is 211 g/mol. The van der Waals surface area contributed by atoms with E-state index in [4.69, 9.17) is 5.11 Å². The maximum absolute atomic E-state index is 12.3. The Balaban J connectivity index is 2.67. The fourth-order valence-electron chi connectivity index (χ4n) is 1.67. The second kappa shape index (κ2) is 3.76. The van der Waals surface area contributed by atoms with E-state index >= 15 is 0 Å². The molecule has 1 aliphatic heterocycles. The van der Waals surface area contributed by atoms with E-state index < -0.39 is 24.1 Å². The van der Waals surface area contributed by atoms with Crippen LogP contribution in [0.5, 0.6) is 0 Å². The lowest BCUT2D eigenvalue weighted by Crippen LogP contribution is -2.47. The number of halogens is 3. The molecule has 6 heteroatoms. The van der Waals surface area contributed by atoms with Crippen LogP contribution >= 0.6 is 0 Å². The predicted molar refractivity (Wildman–Crippen MR) is 42.8 cm³/mol. The maximum atomic E-state index is 12.3. The Labute approximate surface area is 79.5 Å². The van der Waals surface area contributed by atoms with E-state index in [1.54, 1.807) is 0 Å². The number of alkyl halides is 3. The van der Waals surface area contributed by atoms with Crippen molar-refractivity contribution in [3.63, 3.8) is 0 Å². The zero-order valence-corrected chi connectivity index (χ0v) is 7.71. The van der Waals surface area contributed by atoms with Crippen LogP contribution in [0.15, 0.2) is 0 Å². The summed E-state index contributed by atoms with van der Waals surface area (Å²) in [7, 11) is 1.53. The first kappa shape index (κ1) is 11.3. The zero-order valence-electron chi connectivity index (χ0n) is 7.71. The van der Waals surface area contributed by atoms with Gasteiger partial charge in [0, 0.05) is 0 Å². The van der Waals surface area contributed by atoms with Crippen molar-refractivity contribution >= 4 is 5.97 Å². The predicted octanol–water partition coefficient (Wildman–Crippen LogP) is 1.34. The third-order valence-corrected chi connectivity index (χ3v) is 2.62. The standard InChI is InChI=1S/C8H12F3NO2/c1-12-3-2-5(8(9,10)11)4-6(12)7(13)14/h5-6H,2-4H2,1H3,(H,13,14)/t5-,6+/m1/s1. The lowest BCUT2D eigenvalue weighted by Gasteiger charge is -2.35. The zero-order chi connectivity index (χ0) is 10.9. The summed E-state index contributed by atoms with van der Waals surface area (Å²) in [5.41, 5.74) is 0. The molecule has 0 aliphatic carbocycles. The Morgan fingerprint density at radius 2 is 2.07 bits per heavy atom. The first-order chi connectivity index (χ1) is 6.32. The molecule has 0 unspecified atom stereocenters. The second-order valence-corrected chi connectivity index (χ2v) is 3.60. The molecular formula is C8H12F3NO2. The Bertz CT molecular complexity index is 229. The molecule has 0 saturated carbocycles. The van der Waals surface area contributed by atoms with Gasteiger partial charge in [0.2, 0.25) is 0 Å². The van der Waals surface area contributed by atoms with Crippen LogP contribution in [-0.2, 0) is 4.79 Å². The van der Waals surface area contributed by atoms with Crippen molar-refractivity contribution < 1.29 is 23.1 Å². The Kier molecular flexibility index (Phi) is 3.04. The molecule has 82 valence electrons. The number of aliphatic carboxylic acids is 1. The van der Waals surface area contributed by atoms with Crippen LogP contribution < -0.4 is 0 Å². The minimum absolute atomic E-state index is 0.0101. The molecule has 1 aliphatic rings. The smallest absolute Gasteiger partial charge is 0.391 e. The van der Waals surface area contributed by atoms with Gasteiger partial charge in [-0.05, 0) is 26.4 Å². The van der Waals surface area contributed by atoms with Gasteiger partial charge in [-0.25, -0.2) is 0 Å². The maximum Gasteiger partial charge on any atom is 0.391 e. The summed E-state index contributed by atoms with van der Waals surface area (Å²) < 4.78 is 36.9. The molecule has 1 rings (SSSR count). The number of piperidine rings is 1. The van der Waals surface area contributed by atoms with Gasteiger partial charge in [0.1, 0.15) is 6.04 Å². The summed E-state index contributed by atoms with van der Waals surface area (Å²) in [5.74, 6) is -2.65. The van der Waals surface area contributed by atoms with E-state index in [2.05, 4.69) is 0 Å². The van der Waals surface area contributed by atoms with E-state index in [1.807, 2.05) is 0 Å². The number of rotatable bonds is 1. The Morgan fingerprint density at radius 1 is 1.50 bits per heavy atom. The van der Waals surface area contributed by atoms with E-state index in [1.165, 1.54) is 11.9 Å². The van der Waals surface area contributed by atoms with Gasteiger partial charge < -0.3 is 5.11 Å². The molecule has 14 heavy (non-hydrogen) atoms. The van der Waals surface area contributed by atoms with E-state index in [9.17, 15) is 18.0 Å². The van der Waals surface area contributed by atoms with Crippen molar-refractivity contribution in [3.8, 4) is 0 Å². The molecule has 3 nitrogen and oxygen atoms in total. The van der Waals surface area contributed by atoms with Crippen molar-refractivity contribution in [3.05, 3.63) is 0 Å². The first-order valence-electron chi connectivity index (χ1n) is 4.32. The summed E-state index contributed by atoms with van der Waals surface area (Å²) in [6.07, 6.45) is -4.62. The van der Waals surface area contributed by atoms with Crippen molar-refractivity contribution in [1.29, 1.82) is 0 Å². The number of hydrogen-bond donors (Lipinski definition) is 1. The number of nitrogens with zero attached hydrogens (tertiary/aromatic N) is 1. The van der Waals surface area contributed by atoms with Crippen molar-refractivity contribution in [2.45, 2.75) is 25.1 Å². The molecule has 0 aromatic heterocycles. The molecule has 1 fully saturated rings. The van der Waals surface area contributed by atoms with Gasteiger partial charge in [0.05, 0.1) is 5.92 Å². The van der Waals surface area contributed by atoms with Crippen LogP contribution in [-0.4, -0.2) is 41.8 Å². The van der Waals surface area contributed by atoms with Gasteiger partial charge in [-0.3, -0.25) is 9.69 Å². The average molecular weight is 211 g/mol. The van der Waals surface area contributed by atoms with Crippen LogP contribution in [0.3, 0.4) is 0 Å². The van der Waals surface area contributed by atoms with Crippen LogP contribution in [0.1, 0.15) is 12.8 Å². The van der Waals surface area contributed by atoms with Crippen LogP contribution in [0.2, 0.25) is 0 Å². The largest absolute Gasteiger partial charge is 0.480 e. The number of carboxylic acid groups (broad SMARTS) is 1. The summed E-state index contributed by atoms with van der Waals surface area (Å²) >= 11 is 0. The molecule has 1 saturated heterocycles. The average Bonchev–Trinajstić information content (AvgIpc) is 2.02. The Hall–Kier alpha value is -0.780. The van der Waals surface area contributed by atoms with Gasteiger partial charge in [-0.2, -0.15) is 13.2 Å². The van der Waals surface area contributed by atoms with Crippen LogP contribution in [0.25, 0.3) is 0 Å². The lowest BCUT2D eigenvalue weighted by molar-refractivity contribution is -0.191. The van der Waals surface area contributed by atoms with Gasteiger partial charge in [-0.1, -0.05) is 0 Å². The molecule has 1 N–H and O–H groups in total. The number of likely N-dealkylation sites (N-methyl/N-ethyl adjacent to an activating group) is 1. The van der Waals surface area contributed by atoms with Gasteiger partial charge in [-0.15, -0.1) is 0 Å². The summed E-state index contributed by atoms with van der Waals surface area (Å²) in [6, 6.07) is -1.00. The third-order valence-electron chi connectivity index (χ3n) is 2.62. The highest BCUT2D eigenvalue weighted by Crippen LogP contribution is 2.36. The molecule has 0 aromatic rings. The van der Waals surface area contributed by atoms with Crippen molar-refractivity contribution in [2.24, 2.45) is 5.92 Å². The SMILES string of the molecule is CN1CC[C@@H](C(F)(F)F)C[C@H]1C(=O)O. The summed E-state index contributed by atoms with van der Waals surface area (Å²) in [4.78, 5) is 12.1. The molecular weight excluding hydrogens is 199 g/mol. The summed E-state index contributed by atoms with van der Waals surface area (Å²) in [6.45, 7) is 0.182. The van der Waals surface area contributed by atoms with Crippen LogP contribution in [0, 0.1) is 5.92 Å². The van der Waals surface area contributed by atoms with E-state index in [-0.39, 0.29) is 19.4 Å². The number of likely N-dealkylation sites (tertiary alicyclic amines) is 1. The molecule has 0 spiro atoms. The van der Waals surface area contributed by atoms with Crippen LogP contribution in [0.4, 0.5) is 13.2 Å². The second-order valence-electron chi connectivity index (χ2n) is 3.60. The van der Waals surface area contributed by atoms with E-state index in [0.717, 1.165) is 0 Å². The minimum Gasteiger partial charge on any atom is -0.480 e. The van der Waals surface area contributed by atoms with Gasteiger partial charge in [0.25, 0.3) is 0 Å². The van der Waals surface area contributed by atoms with Gasteiger partial charge >= 0.3 is 12.1 Å². The number of carbonyl (C=O) groups is 1. The molecule has 1 heterocycles. The fourth-order valence-corrected chi connectivity index (χ4v) is 1.67. The van der Waals surface area contributed by atoms with Crippen molar-refractivity contribution in [1.82, 2.24) is 4.90 Å². The van der Waals surface area contributed by atoms with Crippen molar-refractivity contribution in [2.75, 3.05) is 13.6 Å². The fraction of sp³-hybridized carbons (Fsp3) is 0.875. The molecule has 0 bridgehead atoms. The number of carboxylic acids is 1. The highest BCUT2D eigenvalue weighted by Gasteiger charge is 2.45. The highest BCUT2D eigenvalue weighted by molar-refractivity contribution is 5.73. The topological polar surface area (TPSA) is 40.5 Å². The first-order valence-corrected chi connectivity index (χ1v) is 4.32.